The molecule has 6 heteroatoms. The quantitative estimate of drug-likeness (QED) is 0.128. The summed E-state index contributed by atoms with van der Waals surface area (Å²) in [5.41, 5.74) is 23.4. The Bertz CT molecular complexity index is 5010. The molecule has 1 spiro atoms. The van der Waals surface area contributed by atoms with Crippen molar-refractivity contribution >= 4 is 73.4 Å². The maximum absolute atomic E-state index is 7.22. The van der Waals surface area contributed by atoms with Gasteiger partial charge in [0.1, 0.15) is 24.0 Å². The van der Waals surface area contributed by atoms with Crippen LogP contribution in [0.4, 0.5) is 22.7 Å². The second-order valence-electron chi connectivity index (χ2n) is 23.8. The molecule has 13 aromatic carbocycles. The van der Waals surface area contributed by atoms with E-state index in [1.165, 1.54) is 70.9 Å². The lowest BCUT2D eigenvalue weighted by atomic mass is 9.88. The normalized spacial score (nSPS) is 13.1. The lowest BCUT2D eigenvalue weighted by molar-refractivity contribution is 0.483. The van der Waals surface area contributed by atoms with Crippen LogP contribution in [0.1, 0.15) is 0 Å². The summed E-state index contributed by atoms with van der Waals surface area (Å²) < 4.78 is 9.47. The summed E-state index contributed by atoms with van der Waals surface area (Å²) in [6.45, 7) is 0.546. The average Bonchev–Trinajstić information content (AvgIpc) is 1.47. The molecule has 2 aromatic heterocycles. The molecule has 0 amide bonds. The van der Waals surface area contributed by atoms with Crippen LogP contribution in [0.2, 0.25) is 0 Å². The number of para-hydroxylation sites is 3. The molecule has 18 rings (SSSR count). The van der Waals surface area contributed by atoms with E-state index in [-0.39, 0.29) is 0 Å². The molecule has 5 nitrogen and oxygen atoms in total. The van der Waals surface area contributed by atoms with Gasteiger partial charge in [-0.1, -0.05) is 231 Å². The van der Waals surface area contributed by atoms with Gasteiger partial charge in [0.2, 0.25) is 0 Å². The van der Waals surface area contributed by atoms with Crippen LogP contribution in [-0.2, 0) is 0 Å². The summed E-state index contributed by atoms with van der Waals surface area (Å²) in [5.74, 6) is 2.39. The van der Waals surface area contributed by atoms with Gasteiger partial charge in [-0.25, -0.2) is 4.98 Å². The van der Waals surface area contributed by atoms with Crippen LogP contribution in [0.3, 0.4) is 0 Å². The van der Waals surface area contributed by atoms with Gasteiger partial charge < -0.3 is 14.5 Å². The van der Waals surface area contributed by atoms with Crippen molar-refractivity contribution in [2.75, 3.05) is 16.5 Å². The molecule has 5 heterocycles. The molecule has 3 aliphatic rings. The Balaban J connectivity index is 0.882. The van der Waals surface area contributed by atoms with Crippen molar-refractivity contribution in [3.63, 3.8) is 0 Å². The van der Waals surface area contributed by atoms with E-state index in [0.29, 0.717) is 6.67 Å². The number of pyridine rings is 1. The Morgan fingerprint density at radius 2 is 0.744 bits per heavy atom. The Morgan fingerprint density at radius 3 is 1.32 bits per heavy atom. The minimum absolute atomic E-state index is 0.546. The number of rotatable bonds is 10. The number of ether oxygens (including phenoxy) is 1. The second-order valence-corrected chi connectivity index (χ2v) is 27.4. The molecule has 0 radical (unpaired) electrons. The fourth-order valence-electron chi connectivity index (χ4n) is 15.0. The summed E-state index contributed by atoms with van der Waals surface area (Å²) in [4.78, 5) is 10.1. The second kappa shape index (κ2) is 20.8. The first kappa shape index (κ1) is 51.6. The van der Waals surface area contributed by atoms with Gasteiger partial charge in [0.05, 0.1) is 28.1 Å². The zero-order valence-corrected chi connectivity index (χ0v) is 50.1. The van der Waals surface area contributed by atoms with Crippen molar-refractivity contribution in [2.24, 2.45) is 0 Å². The van der Waals surface area contributed by atoms with Gasteiger partial charge in [-0.3, -0.25) is 4.57 Å². The molecule has 0 atom stereocenters. The largest absolute Gasteiger partial charge is 0.457 e. The molecular weight excluding hydrogens is 1110 g/mol. The van der Waals surface area contributed by atoms with E-state index in [2.05, 4.69) is 324 Å². The smallest absolute Gasteiger partial charge is 0.185 e. The van der Waals surface area contributed by atoms with E-state index in [1.807, 2.05) is 18.3 Å². The van der Waals surface area contributed by atoms with Crippen LogP contribution in [0, 0.1) is 0 Å². The zero-order chi connectivity index (χ0) is 59.3. The Morgan fingerprint density at radius 1 is 0.289 bits per heavy atom. The molecule has 0 aliphatic carbocycles. The molecule has 0 N–H and O–H groups in total. The van der Waals surface area contributed by atoms with E-state index in [1.54, 1.807) is 0 Å². The first-order chi connectivity index (χ1) is 44.6. The first-order valence-electron chi connectivity index (χ1n) is 30.9. The van der Waals surface area contributed by atoms with Crippen LogP contribution in [0.25, 0.3) is 106 Å². The monoisotopic (exact) mass is 1160 g/mol. The van der Waals surface area contributed by atoms with Gasteiger partial charge in [-0.15, -0.1) is 0 Å². The first-order valence-corrected chi connectivity index (χ1v) is 32.9. The third-order valence-corrected chi connectivity index (χ3v) is 23.8. The Kier molecular flexibility index (Phi) is 11.9. The highest BCUT2D eigenvalue weighted by Crippen LogP contribution is 2.54. The van der Waals surface area contributed by atoms with Crippen LogP contribution in [0.5, 0.6) is 11.5 Å². The summed E-state index contributed by atoms with van der Waals surface area (Å²) in [5, 5.41) is 7.89. The Hall–Kier alpha value is -11.6. The van der Waals surface area contributed by atoms with Crippen molar-refractivity contribution in [2.45, 2.75) is 0 Å². The van der Waals surface area contributed by atoms with Crippen LogP contribution >= 0.6 is 0 Å². The minimum Gasteiger partial charge on any atom is -0.457 e. The molecule has 90 heavy (non-hydrogen) atoms. The van der Waals surface area contributed by atoms with Crippen molar-refractivity contribution in [3.05, 3.63) is 328 Å². The lowest BCUT2D eigenvalue weighted by Gasteiger charge is -2.41. The predicted molar refractivity (Wildman–Crippen MR) is 376 cm³/mol. The maximum atomic E-state index is 7.22. The molecule has 0 saturated carbocycles. The predicted octanol–water partition coefficient (Wildman–Crippen LogP) is 18.9. The third-order valence-electron chi connectivity index (χ3n) is 18.9. The third kappa shape index (κ3) is 8.12. The van der Waals surface area contributed by atoms with Crippen molar-refractivity contribution in [3.8, 4) is 95.2 Å². The van der Waals surface area contributed by atoms with E-state index in [4.69, 9.17) is 9.72 Å². The average molecular weight is 1170 g/mol. The van der Waals surface area contributed by atoms with Gasteiger partial charge in [-0.05, 0) is 166 Å². The van der Waals surface area contributed by atoms with Gasteiger partial charge in [0.15, 0.2) is 8.07 Å². The van der Waals surface area contributed by atoms with Crippen molar-refractivity contribution in [1.29, 1.82) is 0 Å². The van der Waals surface area contributed by atoms with E-state index in [0.717, 1.165) is 89.6 Å². The minimum atomic E-state index is -3.05. The summed E-state index contributed by atoms with van der Waals surface area (Å²) >= 11 is 0. The molecule has 0 unspecified atom stereocenters. The molecular formula is C84H56N4OSi. The number of benzene rings is 13. The van der Waals surface area contributed by atoms with Crippen LogP contribution in [0.15, 0.2) is 328 Å². The van der Waals surface area contributed by atoms with Crippen molar-refractivity contribution in [1.82, 2.24) is 9.55 Å². The highest BCUT2D eigenvalue weighted by atomic mass is 28.3. The molecule has 0 saturated heterocycles. The van der Waals surface area contributed by atoms with Crippen molar-refractivity contribution < 1.29 is 4.74 Å². The SMILES string of the molecule is c1ccc(-c2cc(-c3ccccc3)cc(-c3cccc(-c4cc(-c5ccccc5)cc(-c5ccccc5)c4)c3N3CN4c5cc(Oc6ccc7c8ccccc8n(-c8ccccn8)c7c6)ccc5[Si]5(c6ccccc6-c6ccccc65)c5cccc3c54)c2)cc1. The summed E-state index contributed by atoms with van der Waals surface area (Å²) in [6, 6.07) is 118. The summed E-state index contributed by atoms with van der Waals surface area (Å²) in [6.07, 6.45) is 1.86. The number of anilines is 4. The maximum Gasteiger partial charge on any atom is 0.185 e. The molecule has 3 aliphatic heterocycles. The van der Waals surface area contributed by atoms with Crippen LogP contribution < -0.4 is 35.3 Å². The van der Waals surface area contributed by atoms with Gasteiger partial charge in [-0.2, -0.15) is 0 Å². The van der Waals surface area contributed by atoms with Gasteiger partial charge in [0.25, 0.3) is 0 Å². The Labute approximate surface area is 523 Å². The fraction of sp³-hybridized carbons (Fsp3) is 0.0119. The highest BCUT2D eigenvalue weighted by molar-refractivity contribution is 7.23. The van der Waals surface area contributed by atoms with Gasteiger partial charge >= 0.3 is 0 Å². The molecule has 422 valence electrons. The number of hydrogen-bond acceptors (Lipinski definition) is 4. The topological polar surface area (TPSA) is 33.5 Å². The molecule has 0 bridgehead atoms. The lowest BCUT2D eigenvalue weighted by Crippen LogP contribution is -2.75. The van der Waals surface area contributed by atoms with E-state index < -0.39 is 8.07 Å². The van der Waals surface area contributed by atoms with E-state index in [9.17, 15) is 0 Å². The van der Waals surface area contributed by atoms with E-state index >= 15 is 0 Å². The number of fused-ring (bicyclic) bond motifs is 12. The summed E-state index contributed by atoms with van der Waals surface area (Å²) in [7, 11) is -3.05. The number of hydrogen-bond donors (Lipinski definition) is 0. The number of aromatic nitrogens is 2. The molecule has 0 fully saturated rings. The van der Waals surface area contributed by atoms with Crippen LogP contribution in [-0.4, -0.2) is 24.3 Å². The highest BCUT2D eigenvalue weighted by Gasteiger charge is 2.56. The zero-order valence-electron chi connectivity index (χ0n) is 49.1. The number of nitrogens with zero attached hydrogens (tertiary/aromatic N) is 4. The van der Waals surface area contributed by atoms with Gasteiger partial charge in [0, 0.05) is 45.9 Å². The standard InChI is InChI=1S/C84H56N4OSi/c1-5-23-56(24-6-1)60-47-61(57-25-7-2-8-26-57)50-64(49-60)68-34-21-35-69(65-51-62(58-27-9-3-10-28-58)48-63(52-65)59-29-11-4-12-30-59)83(68)86-55-87-77-54-67(89-66-42-44-71-70-31-13-16-36-74(70)88(76(71)53-66)82-41-19-20-46-85-82)43-45-80(77)90(81-40-22-37-75(86)84(81)87)78-38-17-14-32-72(78)73-33-15-18-39-79(73)90/h1-54H,55H2. The fourth-order valence-corrected chi connectivity index (χ4v) is 20.6. The molecule has 15 aromatic rings.